The second-order valence-corrected chi connectivity index (χ2v) is 7.21. The fourth-order valence-electron chi connectivity index (χ4n) is 3.14. The van der Waals surface area contributed by atoms with Crippen LogP contribution in [0.15, 0.2) is 58.5 Å². The first-order chi connectivity index (χ1) is 13.2. The molecule has 3 aromatic heterocycles. The van der Waals surface area contributed by atoms with Crippen LogP contribution >= 0.6 is 11.8 Å². The zero-order valence-corrected chi connectivity index (χ0v) is 16.1. The molecule has 1 aromatic carbocycles. The lowest BCUT2D eigenvalue weighted by Gasteiger charge is -2.09. The number of hydrogen-bond acceptors (Lipinski definition) is 5. The number of aromatic nitrogens is 4. The Morgan fingerprint density at radius 3 is 2.81 bits per heavy atom. The fourth-order valence-corrected chi connectivity index (χ4v) is 4.07. The molecule has 0 aliphatic rings. The van der Waals surface area contributed by atoms with E-state index in [9.17, 15) is 4.79 Å². The lowest BCUT2D eigenvalue weighted by Crippen LogP contribution is -2.17. The van der Waals surface area contributed by atoms with E-state index in [1.807, 2.05) is 43.3 Å². The van der Waals surface area contributed by atoms with Crippen molar-refractivity contribution in [1.82, 2.24) is 18.9 Å². The monoisotopic (exact) mass is 380 g/mol. The van der Waals surface area contributed by atoms with Crippen molar-refractivity contribution in [2.75, 3.05) is 13.7 Å². The summed E-state index contributed by atoms with van der Waals surface area (Å²) >= 11 is 1.58. The molecule has 0 radical (unpaired) electrons. The number of ether oxygens (including phenoxy) is 1. The molecule has 4 aromatic rings. The number of nitrogens with zero attached hydrogens (tertiary/aromatic N) is 4. The molecular weight excluding hydrogens is 360 g/mol. The van der Waals surface area contributed by atoms with E-state index in [4.69, 9.17) is 9.72 Å². The van der Waals surface area contributed by atoms with Gasteiger partial charge in [-0.15, -0.1) is 0 Å². The lowest BCUT2D eigenvalue weighted by atomic mass is 10.3. The van der Waals surface area contributed by atoms with Crippen LogP contribution in [0.3, 0.4) is 0 Å². The van der Waals surface area contributed by atoms with E-state index in [0.29, 0.717) is 18.0 Å². The number of aryl methyl sites for hydroxylation is 1. The van der Waals surface area contributed by atoms with E-state index in [0.717, 1.165) is 34.1 Å². The topological polar surface area (TPSA) is 61.4 Å². The van der Waals surface area contributed by atoms with Crippen LogP contribution in [0, 0.1) is 6.92 Å². The first-order valence-electron chi connectivity index (χ1n) is 8.72. The first-order valence-corrected chi connectivity index (χ1v) is 9.71. The van der Waals surface area contributed by atoms with Crippen LogP contribution < -0.4 is 5.56 Å². The summed E-state index contributed by atoms with van der Waals surface area (Å²) in [6.45, 7) is 3.25. The molecule has 3 heterocycles. The van der Waals surface area contributed by atoms with Crippen molar-refractivity contribution in [3.8, 4) is 0 Å². The van der Waals surface area contributed by atoms with Gasteiger partial charge in [0.05, 0.1) is 23.3 Å². The molecule has 0 aliphatic heterocycles. The van der Waals surface area contributed by atoms with E-state index >= 15 is 0 Å². The van der Waals surface area contributed by atoms with E-state index in [1.165, 1.54) is 0 Å². The Hall–Kier alpha value is -2.64. The number of benzene rings is 1. The minimum Gasteiger partial charge on any atom is -0.383 e. The standard InChI is InChI=1S/C20H20N4O2S/c1-14-6-5-9-18-21-15(12-19(25)24(14)18)13-27-20-22-16-7-3-4-8-17(16)23(20)10-11-26-2/h3-9,12H,10-11,13H2,1-2H3. The maximum Gasteiger partial charge on any atom is 0.258 e. The van der Waals surface area contributed by atoms with Crippen LogP contribution in [0.4, 0.5) is 0 Å². The summed E-state index contributed by atoms with van der Waals surface area (Å²) < 4.78 is 9.02. The highest BCUT2D eigenvalue weighted by molar-refractivity contribution is 7.98. The summed E-state index contributed by atoms with van der Waals surface area (Å²) in [7, 11) is 1.69. The van der Waals surface area contributed by atoms with E-state index in [-0.39, 0.29) is 5.56 Å². The predicted molar refractivity (Wildman–Crippen MR) is 107 cm³/mol. The van der Waals surface area contributed by atoms with Crippen LogP contribution in [0.5, 0.6) is 0 Å². The van der Waals surface area contributed by atoms with Crippen LogP contribution in [0.1, 0.15) is 11.4 Å². The van der Waals surface area contributed by atoms with Gasteiger partial charge in [-0.2, -0.15) is 0 Å². The molecule has 0 atom stereocenters. The third-order valence-electron chi connectivity index (χ3n) is 4.42. The molecule has 0 unspecified atom stereocenters. The Morgan fingerprint density at radius 2 is 1.96 bits per heavy atom. The van der Waals surface area contributed by atoms with Gasteiger partial charge in [-0.25, -0.2) is 9.97 Å². The van der Waals surface area contributed by atoms with Crippen molar-refractivity contribution in [2.24, 2.45) is 0 Å². The largest absolute Gasteiger partial charge is 0.383 e. The SMILES string of the molecule is COCCn1c(SCc2cc(=O)n3c(C)cccc3n2)nc2ccccc21. The molecule has 0 fully saturated rings. The molecule has 0 bridgehead atoms. The number of pyridine rings is 1. The second kappa shape index (κ2) is 7.54. The van der Waals surface area contributed by atoms with Gasteiger partial charge < -0.3 is 9.30 Å². The van der Waals surface area contributed by atoms with E-state index in [1.54, 1.807) is 29.3 Å². The van der Waals surface area contributed by atoms with Crippen LogP contribution in [0.2, 0.25) is 0 Å². The zero-order valence-electron chi connectivity index (χ0n) is 15.3. The van der Waals surface area contributed by atoms with Crippen LogP contribution in [-0.4, -0.2) is 32.7 Å². The summed E-state index contributed by atoms with van der Waals surface area (Å²) in [6.07, 6.45) is 0. The summed E-state index contributed by atoms with van der Waals surface area (Å²) in [4.78, 5) is 21.8. The van der Waals surface area contributed by atoms with Crippen molar-refractivity contribution < 1.29 is 4.74 Å². The molecular formula is C20H20N4O2S. The molecule has 0 amide bonds. The van der Waals surface area contributed by atoms with Gasteiger partial charge in [-0.05, 0) is 31.2 Å². The summed E-state index contributed by atoms with van der Waals surface area (Å²) in [5, 5.41) is 0.902. The molecule has 0 aliphatic carbocycles. The number of rotatable bonds is 6. The van der Waals surface area contributed by atoms with Gasteiger partial charge in [-0.1, -0.05) is 30.0 Å². The van der Waals surface area contributed by atoms with Gasteiger partial charge in [-0.3, -0.25) is 9.20 Å². The second-order valence-electron chi connectivity index (χ2n) is 6.26. The molecule has 0 saturated carbocycles. The number of imidazole rings is 1. The van der Waals surface area contributed by atoms with Crippen LogP contribution in [0.25, 0.3) is 16.7 Å². The van der Waals surface area contributed by atoms with Gasteiger partial charge in [0.1, 0.15) is 5.65 Å². The van der Waals surface area contributed by atoms with Crippen molar-refractivity contribution in [2.45, 2.75) is 24.4 Å². The van der Waals surface area contributed by atoms with Gasteiger partial charge in [0, 0.05) is 31.2 Å². The Morgan fingerprint density at radius 1 is 1.11 bits per heavy atom. The highest BCUT2D eigenvalue weighted by Crippen LogP contribution is 2.26. The number of thioether (sulfide) groups is 1. The molecule has 27 heavy (non-hydrogen) atoms. The predicted octanol–water partition coefficient (Wildman–Crippen LogP) is 3.29. The lowest BCUT2D eigenvalue weighted by molar-refractivity contribution is 0.186. The molecule has 138 valence electrons. The number of hydrogen-bond donors (Lipinski definition) is 0. The molecule has 4 rings (SSSR count). The average molecular weight is 380 g/mol. The van der Waals surface area contributed by atoms with Gasteiger partial charge in [0.15, 0.2) is 5.16 Å². The smallest absolute Gasteiger partial charge is 0.258 e. The first kappa shape index (κ1) is 17.8. The normalized spacial score (nSPS) is 11.5. The molecule has 7 heteroatoms. The summed E-state index contributed by atoms with van der Waals surface area (Å²) in [5.74, 6) is 0.579. The maximum atomic E-state index is 12.5. The van der Waals surface area contributed by atoms with Crippen molar-refractivity contribution in [3.05, 3.63) is 70.3 Å². The Kier molecular flexibility index (Phi) is 4.96. The maximum absolute atomic E-state index is 12.5. The van der Waals surface area contributed by atoms with E-state index < -0.39 is 0 Å². The number of para-hydroxylation sites is 2. The van der Waals surface area contributed by atoms with Crippen molar-refractivity contribution >= 4 is 28.4 Å². The van der Waals surface area contributed by atoms with E-state index in [2.05, 4.69) is 15.6 Å². The highest BCUT2D eigenvalue weighted by atomic mass is 32.2. The molecule has 0 N–H and O–H groups in total. The zero-order chi connectivity index (χ0) is 18.8. The summed E-state index contributed by atoms with van der Waals surface area (Å²) in [5.41, 5.74) is 4.29. The summed E-state index contributed by atoms with van der Waals surface area (Å²) in [6, 6.07) is 15.3. The highest BCUT2D eigenvalue weighted by Gasteiger charge is 2.12. The number of methoxy groups -OCH3 is 1. The third-order valence-corrected chi connectivity index (χ3v) is 5.43. The van der Waals surface area contributed by atoms with Crippen molar-refractivity contribution in [1.29, 1.82) is 0 Å². The fraction of sp³-hybridized carbons (Fsp3) is 0.250. The van der Waals surface area contributed by atoms with Crippen LogP contribution in [-0.2, 0) is 17.0 Å². The number of fused-ring (bicyclic) bond motifs is 2. The van der Waals surface area contributed by atoms with Gasteiger partial charge in [0.2, 0.25) is 0 Å². The van der Waals surface area contributed by atoms with Gasteiger partial charge >= 0.3 is 0 Å². The molecule has 0 spiro atoms. The van der Waals surface area contributed by atoms with Gasteiger partial charge in [0.25, 0.3) is 5.56 Å². The Balaban J connectivity index is 1.65. The average Bonchev–Trinajstić information content (AvgIpc) is 3.02. The Labute approximate surface area is 160 Å². The minimum absolute atomic E-state index is 0.0541. The third kappa shape index (κ3) is 3.48. The minimum atomic E-state index is -0.0541. The Bertz CT molecular complexity index is 1170. The molecule has 0 saturated heterocycles. The van der Waals surface area contributed by atoms with Crippen molar-refractivity contribution in [3.63, 3.8) is 0 Å². The molecule has 6 nitrogen and oxygen atoms in total. The quantitative estimate of drug-likeness (QED) is 0.480.